The molecule has 23 heavy (non-hydrogen) atoms. The Kier molecular flexibility index (Phi) is 2.85. The Balaban J connectivity index is 0.00000146. The van der Waals surface area contributed by atoms with Crippen LogP contribution in [-0.2, 0) is 7.05 Å². The van der Waals surface area contributed by atoms with E-state index < -0.39 is 0 Å². The number of aryl methyl sites for hydroxylation is 1. The number of pyridine rings is 1. The fourth-order valence-corrected chi connectivity index (χ4v) is 4.53. The third kappa shape index (κ3) is 2.10. The lowest BCUT2D eigenvalue weighted by Crippen LogP contribution is -2.11. The Labute approximate surface area is 136 Å². The highest BCUT2D eigenvalue weighted by molar-refractivity contribution is 5.68. The maximum absolute atomic E-state index is 4.49. The Hall–Kier alpha value is -2.14. The molecular formula is C18H23N5. The first kappa shape index (κ1) is 13.3. The quantitative estimate of drug-likeness (QED) is 0.792. The van der Waals surface area contributed by atoms with E-state index in [1.807, 2.05) is 28.6 Å². The number of fused-ring (bicyclic) bond motifs is 2. The monoisotopic (exact) mass is 309 g/mol. The van der Waals surface area contributed by atoms with Crippen molar-refractivity contribution in [1.82, 2.24) is 24.7 Å². The number of hydrogen-bond acceptors (Lipinski definition) is 3. The molecule has 1 N–H and O–H groups in total. The molecule has 120 valence electrons. The van der Waals surface area contributed by atoms with Gasteiger partial charge in [-0.1, -0.05) is 0 Å². The summed E-state index contributed by atoms with van der Waals surface area (Å²) >= 11 is 0. The summed E-state index contributed by atoms with van der Waals surface area (Å²) in [4.78, 5) is 0. The lowest BCUT2D eigenvalue weighted by atomic mass is 9.93. The molecule has 5 nitrogen and oxygen atoms in total. The first-order valence-corrected chi connectivity index (χ1v) is 8.45. The van der Waals surface area contributed by atoms with Crippen LogP contribution in [0.15, 0.2) is 36.9 Å². The lowest BCUT2D eigenvalue weighted by Gasteiger charge is -2.15. The van der Waals surface area contributed by atoms with E-state index in [9.17, 15) is 0 Å². The van der Waals surface area contributed by atoms with Crippen LogP contribution < -0.4 is 5.32 Å². The van der Waals surface area contributed by atoms with Gasteiger partial charge in [-0.15, -0.1) is 0 Å². The molecule has 1 aliphatic heterocycles. The Morgan fingerprint density at radius 1 is 1.13 bits per heavy atom. The highest BCUT2D eigenvalue weighted by Crippen LogP contribution is 2.45. The molecule has 4 heterocycles. The predicted octanol–water partition coefficient (Wildman–Crippen LogP) is 2.69. The third-order valence-corrected chi connectivity index (χ3v) is 5.67. The van der Waals surface area contributed by atoms with Crippen LogP contribution in [0.4, 0.5) is 0 Å². The van der Waals surface area contributed by atoms with Gasteiger partial charge in [0, 0.05) is 38.2 Å². The fraction of sp³-hybridized carbons (Fsp3) is 0.444. The minimum Gasteiger partial charge on any atom is -0.316 e. The van der Waals surface area contributed by atoms with Crippen molar-refractivity contribution in [2.24, 2.45) is 18.9 Å². The van der Waals surface area contributed by atoms with Crippen molar-refractivity contribution >= 4 is 5.52 Å². The van der Waals surface area contributed by atoms with E-state index in [0.29, 0.717) is 5.92 Å². The van der Waals surface area contributed by atoms with Crippen LogP contribution in [0.25, 0.3) is 16.6 Å². The van der Waals surface area contributed by atoms with Gasteiger partial charge in [-0.2, -0.15) is 10.2 Å². The number of hydrogen-bond donors (Lipinski definition) is 1. The summed E-state index contributed by atoms with van der Waals surface area (Å²) in [6, 6.07) is 4.52. The zero-order chi connectivity index (χ0) is 15.4. The maximum atomic E-state index is 4.49. The molecule has 0 amide bonds. The molecule has 0 spiro atoms. The molecule has 3 aromatic heterocycles. The SMILES string of the molecule is Cn1cc(-c2cc(C3CC4CNCC4C3)c3ccnn3c2)cn1.[HH]. The predicted molar refractivity (Wildman–Crippen MR) is 91.3 cm³/mol. The summed E-state index contributed by atoms with van der Waals surface area (Å²) < 4.78 is 3.89. The average Bonchev–Trinajstić information content (AvgIpc) is 3.29. The molecule has 5 rings (SSSR count). The van der Waals surface area contributed by atoms with Crippen LogP contribution in [-0.4, -0.2) is 32.5 Å². The number of nitrogens with one attached hydrogen (secondary N) is 1. The van der Waals surface area contributed by atoms with Gasteiger partial charge < -0.3 is 5.32 Å². The largest absolute Gasteiger partial charge is 0.316 e. The van der Waals surface area contributed by atoms with Crippen molar-refractivity contribution in [1.29, 1.82) is 0 Å². The van der Waals surface area contributed by atoms with Gasteiger partial charge in [0.05, 0.1) is 11.7 Å². The zero-order valence-electron chi connectivity index (χ0n) is 13.3. The molecule has 5 heteroatoms. The van der Waals surface area contributed by atoms with Crippen molar-refractivity contribution in [3.05, 3.63) is 42.5 Å². The minimum atomic E-state index is 0. The van der Waals surface area contributed by atoms with Gasteiger partial charge >= 0.3 is 0 Å². The molecule has 2 atom stereocenters. The van der Waals surface area contributed by atoms with Crippen molar-refractivity contribution < 1.29 is 1.43 Å². The summed E-state index contributed by atoms with van der Waals surface area (Å²) in [5.41, 5.74) is 5.08. The van der Waals surface area contributed by atoms with E-state index in [4.69, 9.17) is 0 Å². The van der Waals surface area contributed by atoms with Crippen molar-refractivity contribution in [2.75, 3.05) is 13.1 Å². The Morgan fingerprint density at radius 3 is 2.70 bits per heavy atom. The number of nitrogens with zero attached hydrogens (tertiary/aromatic N) is 4. The van der Waals surface area contributed by atoms with Crippen LogP contribution in [0.1, 0.15) is 25.7 Å². The molecule has 1 saturated carbocycles. The molecule has 0 radical (unpaired) electrons. The Morgan fingerprint density at radius 2 is 1.96 bits per heavy atom. The highest BCUT2D eigenvalue weighted by Gasteiger charge is 2.38. The number of aromatic nitrogens is 4. The molecule has 2 fully saturated rings. The summed E-state index contributed by atoms with van der Waals surface area (Å²) in [5.74, 6) is 2.36. The van der Waals surface area contributed by atoms with E-state index in [1.165, 1.54) is 42.6 Å². The molecule has 1 aliphatic carbocycles. The molecule has 0 bridgehead atoms. The van der Waals surface area contributed by atoms with Crippen LogP contribution in [0.3, 0.4) is 0 Å². The zero-order valence-corrected chi connectivity index (χ0v) is 13.3. The summed E-state index contributed by atoms with van der Waals surface area (Å²) in [5, 5.41) is 12.3. The summed E-state index contributed by atoms with van der Waals surface area (Å²) in [6.07, 6.45) is 10.6. The third-order valence-electron chi connectivity index (χ3n) is 5.67. The summed E-state index contributed by atoms with van der Waals surface area (Å²) in [6.45, 7) is 2.39. The standard InChI is InChI=1S/C18H21N5.H2/c1-22-10-16(9-21-22)15-6-17(18-2-3-20-23(18)11-15)12-4-13-7-19-8-14(13)5-12;/h2-3,6,9-14,19H,4-5,7-8H2,1H3;1H. The van der Waals surface area contributed by atoms with Gasteiger partial charge in [-0.25, -0.2) is 4.52 Å². The first-order chi connectivity index (χ1) is 11.3. The van der Waals surface area contributed by atoms with Gasteiger partial charge in [0.25, 0.3) is 0 Å². The highest BCUT2D eigenvalue weighted by atomic mass is 15.2. The van der Waals surface area contributed by atoms with Crippen LogP contribution in [0, 0.1) is 11.8 Å². The van der Waals surface area contributed by atoms with Crippen LogP contribution in [0.5, 0.6) is 0 Å². The van der Waals surface area contributed by atoms with E-state index in [2.05, 4.69) is 40.0 Å². The molecule has 2 aliphatic rings. The molecular weight excluding hydrogens is 286 g/mol. The first-order valence-electron chi connectivity index (χ1n) is 8.45. The fourth-order valence-electron chi connectivity index (χ4n) is 4.53. The number of rotatable bonds is 2. The van der Waals surface area contributed by atoms with E-state index in [0.717, 1.165) is 17.4 Å². The van der Waals surface area contributed by atoms with E-state index in [-0.39, 0.29) is 1.43 Å². The second-order valence-corrected chi connectivity index (χ2v) is 7.09. The average molecular weight is 309 g/mol. The van der Waals surface area contributed by atoms with Gasteiger partial charge in [0.1, 0.15) is 0 Å². The lowest BCUT2D eigenvalue weighted by molar-refractivity contribution is 0.494. The Bertz CT molecular complexity index is 855. The van der Waals surface area contributed by atoms with Crippen molar-refractivity contribution in [3.63, 3.8) is 0 Å². The van der Waals surface area contributed by atoms with Gasteiger partial charge in [0.2, 0.25) is 0 Å². The second-order valence-electron chi connectivity index (χ2n) is 7.09. The minimum absolute atomic E-state index is 0. The van der Waals surface area contributed by atoms with Crippen LogP contribution in [0.2, 0.25) is 0 Å². The molecule has 0 aromatic carbocycles. The molecule has 3 aromatic rings. The van der Waals surface area contributed by atoms with Crippen molar-refractivity contribution in [2.45, 2.75) is 18.8 Å². The maximum Gasteiger partial charge on any atom is 0.0696 e. The second kappa shape index (κ2) is 4.93. The van der Waals surface area contributed by atoms with Crippen LogP contribution >= 0.6 is 0 Å². The van der Waals surface area contributed by atoms with Gasteiger partial charge in [-0.05, 0) is 61.4 Å². The van der Waals surface area contributed by atoms with Gasteiger partial charge in [0.15, 0.2) is 0 Å². The summed E-state index contributed by atoms with van der Waals surface area (Å²) in [7, 11) is 1.96. The van der Waals surface area contributed by atoms with E-state index in [1.54, 1.807) is 0 Å². The topological polar surface area (TPSA) is 47.2 Å². The normalized spacial score (nSPS) is 26.9. The van der Waals surface area contributed by atoms with Gasteiger partial charge in [-0.3, -0.25) is 4.68 Å². The molecule has 2 unspecified atom stereocenters. The molecule has 1 saturated heterocycles. The van der Waals surface area contributed by atoms with Crippen molar-refractivity contribution in [3.8, 4) is 11.1 Å². The van der Waals surface area contributed by atoms with E-state index >= 15 is 0 Å². The smallest absolute Gasteiger partial charge is 0.0696 e.